The number of hydrogen-bond acceptors (Lipinski definition) is 4. The highest BCUT2D eigenvalue weighted by Crippen LogP contribution is 2.31. The van der Waals surface area contributed by atoms with Crippen LogP contribution in [0.5, 0.6) is 0 Å². The lowest BCUT2D eigenvalue weighted by Gasteiger charge is -1.90. The Morgan fingerprint density at radius 1 is 1.67 bits per heavy atom. The number of hydrogen-bond donors (Lipinski definition) is 1. The molecular formula is C9H6BrNO3S. The lowest BCUT2D eigenvalue weighted by Crippen LogP contribution is -1.95. The highest BCUT2D eigenvalue weighted by Gasteiger charge is 2.20. The SMILES string of the molecule is Cc1nc(-c2cc(Br)cs2)c(C(=O)O)o1. The van der Waals surface area contributed by atoms with E-state index in [1.807, 2.05) is 11.4 Å². The van der Waals surface area contributed by atoms with Gasteiger partial charge < -0.3 is 9.52 Å². The van der Waals surface area contributed by atoms with Crippen molar-refractivity contribution in [3.05, 3.63) is 27.6 Å². The minimum absolute atomic E-state index is 0.109. The summed E-state index contributed by atoms with van der Waals surface area (Å²) < 4.78 is 5.92. The van der Waals surface area contributed by atoms with Crippen molar-refractivity contribution in [2.75, 3.05) is 0 Å². The molecule has 0 unspecified atom stereocenters. The maximum Gasteiger partial charge on any atom is 0.374 e. The fraction of sp³-hybridized carbons (Fsp3) is 0.111. The van der Waals surface area contributed by atoms with Crippen LogP contribution in [0.4, 0.5) is 0 Å². The van der Waals surface area contributed by atoms with Crippen molar-refractivity contribution in [1.29, 1.82) is 0 Å². The van der Waals surface area contributed by atoms with Crippen molar-refractivity contribution in [2.45, 2.75) is 6.92 Å². The van der Waals surface area contributed by atoms with Crippen LogP contribution in [0.15, 0.2) is 20.3 Å². The van der Waals surface area contributed by atoms with Crippen LogP contribution in [0.3, 0.4) is 0 Å². The van der Waals surface area contributed by atoms with Gasteiger partial charge in [-0.25, -0.2) is 9.78 Å². The number of rotatable bonds is 2. The molecule has 0 bridgehead atoms. The Labute approximate surface area is 97.7 Å². The zero-order valence-electron chi connectivity index (χ0n) is 7.65. The van der Waals surface area contributed by atoms with Gasteiger partial charge in [0.25, 0.3) is 0 Å². The van der Waals surface area contributed by atoms with E-state index in [0.29, 0.717) is 11.6 Å². The van der Waals surface area contributed by atoms with E-state index >= 15 is 0 Å². The van der Waals surface area contributed by atoms with Crippen molar-refractivity contribution < 1.29 is 14.3 Å². The summed E-state index contributed by atoms with van der Waals surface area (Å²) in [6, 6.07) is 1.81. The van der Waals surface area contributed by atoms with Gasteiger partial charge >= 0.3 is 5.97 Å². The Morgan fingerprint density at radius 2 is 2.40 bits per heavy atom. The molecule has 0 spiro atoms. The molecule has 0 fully saturated rings. The molecule has 2 aromatic rings. The molecule has 0 atom stereocenters. The molecule has 0 amide bonds. The average Bonchev–Trinajstić information content (AvgIpc) is 2.71. The van der Waals surface area contributed by atoms with Gasteiger partial charge in [0.15, 0.2) is 5.89 Å². The number of oxazole rings is 1. The fourth-order valence-electron chi connectivity index (χ4n) is 1.18. The Balaban J connectivity index is 2.56. The first kappa shape index (κ1) is 10.4. The predicted octanol–water partition coefficient (Wildman–Crippen LogP) is 3.17. The predicted molar refractivity (Wildman–Crippen MR) is 59.2 cm³/mol. The van der Waals surface area contributed by atoms with E-state index in [1.54, 1.807) is 6.92 Å². The van der Waals surface area contributed by atoms with Gasteiger partial charge in [0.1, 0.15) is 5.69 Å². The molecule has 0 aromatic carbocycles. The molecule has 6 heteroatoms. The van der Waals surface area contributed by atoms with Crippen molar-refractivity contribution in [1.82, 2.24) is 4.98 Å². The first-order valence-corrected chi connectivity index (χ1v) is 5.70. The third-order valence-corrected chi connectivity index (χ3v) is 3.43. The molecule has 2 heterocycles. The zero-order valence-corrected chi connectivity index (χ0v) is 10.1. The lowest BCUT2D eigenvalue weighted by molar-refractivity contribution is 0.0662. The molecule has 2 aromatic heterocycles. The van der Waals surface area contributed by atoms with Crippen molar-refractivity contribution in [3.8, 4) is 10.6 Å². The molecule has 1 N–H and O–H groups in total. The van der Waals surface area contributed by atoms with E-state index in [9.17, 15) is 4.79 Å². The van der Waals surface area contributed by atoms with Gasteiger partial charge in [0.2, 0.25) is 5.76 Å². The molecule has 2 rings (SSSR count). The highest BCUT2D eigenvalue weighted by molar-refractivity contribution is 9.10. The van der Waals surface area contributed by atoms with Gasteiger partial charge in [-0.3, -0.25) is 0 Å². The maximum absolute atomic E-state index is 10.9. The smallest absolute Gasteiger partial charge is 0.374 e. The van der Waals surface area contributed by atoms with Crippen LogP contribution in [-0.2, 0) is 0 Å². The summed E-state index contributed by atoms with van der Waals surface area (Å²) >= 11 is 4.72. The van der Waals surface area contributed by atoms with E-state index in [0.717, 1.165) is 9.35 Å². The van der Waals surface area contributed by atoms with Crippen molar-refractivity contribution in [2.24, 2.45) is 0 Å². The topological polar surface area (TPSA) is 63.3 Å². The third-order valence-electron chi connectivity index (χ3n) is 1.73. The molecule has 4 nitrogen and oxygen atoms in total. The number of aromatic nitrogens is 1. The van der Waals surface area contributed by atoms with Gasteiger partial charge in [-0.05, 0) is 22.0 Å². The van der Waals surface area contributed by atoms with Crippen LogP contribution in [0.25, 0.3) is 10.6 Å². The second-order valence-corrected chi connectivity index (χ2v) is 4.67. The highest BCUT2D eigenvalue weighted by atomic mass is 79.9. The Kier molecular flexibility index (Phi) is 2.62. The Hall–Kier alpha value is -1.14. The summed E-state index contributed by atoms with van der Waals surface area (Å²) in [7, 11) is 0. The first-order chi connectivity index (χ1) is 7.08. The Morgan fingerprint density at radius 3 is 2.93 bits per heavy atom. The first-order valence-electron chi connectivity index (χ1n) is 4.03. The maximum atomic E-state index is 10.9. The van der Waals surface area contributed by atoms with E-state index < -0.39 is 5.97 Å². The second kappa shape index (κ2) is 3.79. The number of carboxylic acid groups (broad SMARTS) is 1. The van der Waals surface area contributed by atoms with Crippen molar-refractivity contribution >= 4 is 33.2 Å². The quantitative estimate of drug-likeness (QED) is 0.921. The standard InChI is InChI=1S/C9H6BrNO3S/c1-4-11-7(8(14-4)9(12)13)6-2-5(10)3-15-6/h2-3H,1H3,(H,12,13). The fourth-order valence-corrected chi connectivity index (χ4v) is 2.59. The van der Waals surface area contributed by atoms with Crippen LogP contribution in [0.1, 0.15) is 16.4 Å². The van der Waals surface area contributed by atoms with Crippen LogP contribution in [0.2, 0.25) is 0 Å². The number of carbonyl (C=O) groups is 1. The van der Waals surface area contributed by atoms with Crippen LogP contribution in [-0.4, -0.2) is 16.1 Å². The van der Waals surface area contributed by atoms with Gasteiger partial charge in [-0.1, -0.05) is 0 Å². The summed E-state index contributed by atoms with van der Waals surface area (Å²) in [4.78, 5) is 15.7. The number of aromatic carboxylic acids is 1. The zero-order chi connectivity index (χ0) is 11.0. The summed E-state index contributed by atoms with van der Waals surface area (Å²) in [6.07, 6.45) is 0. The molecule has 0 aliphatic carbocycles. The van der Waals surface area contributed by atoms with Crippen LogP contribution < -0.4 is 0 Å². The van der Waals surface area contributed by atoms with Gasteiger partial charge in [0, 0.05) is 16.8 Å². The third kappa shape index (κ3) is 1.95. The molecule has 0 aliphatic heterocycles. The van der Waals surface area contributed by atoms with Gasteiger partial charge in [-0.2, -0.15) is 0 Å². The van der Waals surface area contributed by atoms with E-state index in [-0.39, 0.29) is 5.76 Å². The van der Waals surface area contributed by atoms with E-state index in [4.69, 9.17) is 9.52 Å². The second-order valence-electron chi connectivity index (χ2n) is 2.84. The van der Waals surface area contributed by atoms with Crippen LogP contribution in [0, 0.1) is 6.92 Å². The van der Waals surface area contributed by atoms with E-state index in [2.05, 4.69) is 20.9 Å². The largest absolute Gasteiger partial charge is 0.475 e. The van der Waals surface area contributed by atoms with Crippen LogP contribution >= 0.6 is 27.3 Å². The number of carboxylic acids is 1. The molecular weight excluding hydrogens is 282 g/mol. The monoisotopic (exact) mass is 287 g/mol. The number of aryl methyl sites for hydroxylation is 1. The summed E-state index contributed by atoms with van der Waals surface area (Å²) in [5.41, 5.74) is 0.385. The van der Waals surface area contributed by atoms with Gasteiger partial charge in [0.05, 0.1) is 4.88 Å². The molecule has 0 radical (unpaired) electrons. The lowest BCUT2D eigenvalue weighted by atomic mass is 10.3. The minimum atomic E-state index is -1.10. The number of thiophene rings is 1. The summed E-state index contributed by atoms with van der Waals surface area (Å²) in [5.74, 6) is -0.858. The summed E-state index contributed by atoms with van der Waals surface area (Å²) in [6.45, 7) is 1.62. The van der Waals surface area contributed by atoms with Crippen molar-refractivity contribution in [3.63, 3.8) is 0 Å². The minimum Gasteiger partial charge on any atom is -0.475 e. The molecule has 0 saturated heterocycles. The molecule has 15 heavy (non-hydrogen) atoms. The molecule has 0 aliphatic rings. The van der Waals surface area contributed by atoms with Gasteiger partial charge in [-0.15, -0.1) is 11.3 Å². The normalized spacial score (nSPS) is 10.5. The number of halogens is 1. The molecule has 78 valence electrons. The Bertz CT molecular complexity index is 517. The average molecular weight is 288 g/mol. The number of nitrogens with zero attached hydrogens (tertiary/aromatic N) is 1. The summed E-state index contributed by atoms with van der Waals surface area (Å²) in [5, 5.41) is 10.8. The van der Waals surface area contributed by atoms with E-state index in [1.165, 1.54) is 11.3 Å². The molecule has 0 saturated carbocycles.